The molecule has 1 N–H and O–H groups in total. The lowest BCUT2D eigenvalue weighted by Crippen LogP contribution is -2.25. The number of carboxylic acids is 1. The average molecular weight is 366 g/mol. The second-order valence-electron chi connectivity index (χ2n) is 6.45. The molecule has 0 fully saturated rings. The number of aliphatic carboxylic acids is 1. The zero-order valence-electron chi connectivity index (χ0n) is 15.4. The Labute approximate surface area is 158 Å². The van der Waals surface area contributed by atoms with Gasteiger partial charge in [-0.25, -0.2) is 4.79 Å². The number of ketones is 1. The summed E-state index contributed by atoms with van der Waals surface area (Å²) >= 11 is 0. The van der Waals surface area contributed by atoms with Gasteiger partial charge in [-0.3, -0.25) is 4.79 Å². The van der Waals surface area contributed by atoms with E-state index >= 15 is 0 Å². The van der Waals surface area contributed by atoms with E-state index in [4.69, 9.17) is 27.2 Å². The van der Waals surface area contributed by atoms with E-state index in [-0.39, 0.29) is 40.5 Å². The number of fused-ring (bicyclic) bond motifs is 1. The first-order valence-electron chi connectivity index (χ1n) is 8.43. The summed E-state index contributed by atoms with van der Waals surface area (Å²) in [5, 5.41) is 8.83. The van der Waals surface area contributed by atoms with Crippen molar-refractivity contribution in [3.63, 3.8) is 0 Å². The van der Waals surface area contributed by atoms with Crippen molar-refractivity contribution < 1.29 is 28.9 Å². The van der Waals surface area contributed by atoms with E-state index in [1.54, 1.807) is 0 Å². The van der Waals surface area contributed by atoms with Crippen LogP contribution in [0.5, 0.6) is 17.2 Å². The zero-order valence-corrected chi connectivity index (χ0v) is 15.4. The van der Waals surface area contributed by atoms with Crippen molar-refractivity contribution >= 4 is 25.1 Å². The molecule has 7 heteroatoms. The predicted molar refractivity (Wildman–Crippen MR) is 99.7 cm³/mol. The number of carbonyl (C=O) groups is 2. The maximum Gasteiger partial charge on any atom is 0.341 e. The molecule has 0 spiro atoms. The number of Topliss-reactive ketones (excluding diaryl/α,β-unsaturated/α-hetero) is 1. The zero-order chi connectivity index (χ0) is 19.7. The first-order valence-corrected chi connectivity index (χ1v) is 8.43. The van der Waals surface area contributed by atoms with Crippen molar-refractivity contribution in [2.24, 2.45) is 0 Å². The molecule has 0 bridgehead atoms. The van der Waals surface area contributed by atoms with E-state index in [1.807, 2.05) is 32.0 Å². The van der Waals surface area contributed by atoms with Crippen molar-refractivity contribution in [1.82, 2.24) is 0 Å². The van der Waals surface area contributed by atoms with Crippen LogP contribution in [0.1, 0.15) is 39.6 Å². The number of rotatable bonds is 5. The number of methoxy groups -OCH3 is 1. The number of carboxylic acid groups (broad SMARTS) is 1. The van der Waals surface area contributed by atoms with Gasteiger partial charge in [-0.2, -0.15) is 0 Å². The van der Waals surface area contributed by atoms with Crippen LogP contribution in [0.3, 0.4) is 0 Å². The molecule has 2 aromatic carbocycles. The molecule has 0 saturated carbocycles. The highest BCUT2D eigenvalue weighted by Crippen LogP contribution is 2.41. The van der Waals surface area contributed by atoms with Crippen LogP contribution in [0, 0.1) is 13.8 Å². The van der Waals surface area contributed by atoms with Crippen molar-refractivity contribution in [3.05, 3.63) is 46.5 Å². The van der Waals surface area contributed by atoms with E-state index in [2.05, 4.69) is 0 Å². The van der Waals surface area contributed by atoms with Crippen LogP contribution in [0.2, 0.25) is 0 Å². The largest absolute Gasteiger partial charge is 0.496 e. The van der Waals surface area contributed by atoms with Crippen molar-refractivity contribution in [2.45, 2.75) is 26.4 Å². The smallest absolute Gasteiger partial charge is 0.341 e. The number of aryl methyl sites for hydroxylation is 2. The summed E-state index contributed by atoms with van der Waals surface area (Å²) in [7, 11) is 7.38. The van der Waals surface area contributed by atoms with Gasteiger partial charge in [-0.15, -0.1) is 0 Å². The van der Waals surface area contributed by atoms with Gasteiger partial charge < -0.3 is 19.3 Å². The Morgan fingerprint density at radius 3 is 2.67 bits per heavy atom. The summed E-state index contributed by atoms with van der Waals surface area (Å²) in [4.78, 5) is 23.6. The van der Waals surface area contributed by atoms with Crippen molar-refractivity contribution in [3.8, 4) is 17.2 Å². The maximum atomic E-state index is 12.8. The molecule has 1 heterocycles. The molecule has 1 atom stereocenters. The van der Waals surface area contributed by atoms with Crippen molar-refractivity contribution in [1.29, 1.82) is 0 Å². The molecule has 1 unspecified atom stereocenters. The highest BCUT2D eigenvalue weighted by Gasteiger charge is 2.32. The van der Waals surface area contributed by atoms with Gasteiger partial charge in [-0.1, -0.05) is 18.2 Å². The first-order chi connectivity index (χ1) is 12.8. The molecule has 6 nitrogen and oxygen atoms in total. The van der Waals surface area contributed by atoms with Crippen molar-refractivity contribution in [2.75, 3.05) is 13.7 Å². The lowest BCUT2D eigenvalue weighted by molar-refractivity contribution is -0.139. The summed E-state index contributed by atoms with van der Waals surface area (Å²) in [5.41, 5.74) is 3.47. The van der Waals surface area contributed by atoms with Crippen LogP contribution >= 0.6 is 0 Å². The average Bonchev–Trinajstić information content (AvgIpc) is 2.62. The third-order valence-corrected chi connectivity index (χ3v) is 4.62. The Balaban J connectivity index is 2.02. The molecule has 0 aromatic heterocycles. The molecule has 3 rings (SSSR count). The van der Waals surface area contributed by atoms with Gasteiger partial charge in [-0.05, 0) is 36.0 Å². The molecule has 0 aliphatic carbocycles. The van der Waals surface area contributed by atoms with Crippen LogP contribution < -0.4 is 19.7 Å². The van der Waals surface area contributed by atoms with Gasteiger partial charge in [0.15, 0.2) is 12.4 Å². The number of hydrogen-bond acceptors (Lipinski definition) is 5. The summed E-state index contributed by atoms with van der Waals surface area (Å²) in [6.45, 7) is 3.45. The minimum Gasteiger partial charge on any atom is -0.496 e. The number of hydrogen-bond donors (Lipinski definition) is 1. The van der Waals surface area contributed by atoms with Gasteiger partial charge in [0.1, 0.15) is 36.8 Å². The van der Waals surface area contributed by atoms with E-state index in [1.165, 1.54) is 13.2 Å². The summed E-state index contributed by atoms with van der Waals surface area (Å²) in [6, 6.07) is 7.36. The van der Waals surface area contributed by atoms with Crippen LogP contribution in [0.25, 0.3) is 0 Å². The van der Waals surface area contributed by atoms with Gasteiger partial charge in [0.25, 0.3) is 0 Å². The van der Waals surface area contributed by atoms with Gasteiger partial charge in [0.2, 0.25) is 0 Å². The Bertz CT molecular complexity index is 921. The van der Waals surface area contributed by atoms with Crippen LogP contribution in [-0.4, -0.2) is 38.4 Å². The Hall–Kier alpha value is -2.96. The molecule has 1 aliphatic rings. The molecule has 2 aromatic rings. The number of benzene rings is 2. The molecular formula is C20H19BO6. The molecule has 2 radical (unpaired) electrons. The van der Waals surface area contributed by atoms with Gasteiger partial charge >= 0.3 is 5.97 Å². The lowest BCUT2D eigenvalue weighted by Gasteiger charge is -2.28. The fraction of sp³-hybridized carbons (Fsp3) is 0.300. The van der Waals surface area contributed by atoms with Crippen LogP contribution in [0.4, 0.5) is 0 Å². The highest BCUT2D eigenvalue weighted by molar-refractivity contribution is 6.37. The molecule has 0 saturated heterocycles. The Morgan fingerprint density at radius 1 is 1.30 bits per heavy atom. The topological polar surface area (TPSA) is 82.1 Å². The molecule has 0 amide bonds. The molecule has 138 valence electrons. The Kier molecular flexibility index (Phi) is 5.12. The third-order valence-electron chi connectivity index (χ3n) is 4.62. The molecule has 1 aliphatic heterocycles. The predicted octanol–water partition coefficient (Wildman–Crippen LogP) is 2.28. The highest BCUT2D eigenvalue weighted by atomic mass is 16.5. The molecule has 27 heavy (non-hydrogen) atoms. The SMILES string of the molecule is [B]c1c(OCC(=O)O)cc2c(c1OC)C(=O)CC(c1ccc(C)c(C)c1)O2. The van der Waals surface area contributed by atoms with Gasteiger partial charge in [0, 0.05) is 6.07 Å². The van der Waals surface area contributed by atoms with E-state index in [9.17, 15) is 9.59 Å². The summed E-state index contributed by atoms with van der Waals surface area (Å²) < 4.78 is 16.6. The third kappa shape index (κ3) is 3.63. The fourth-order valence-corrected chi connectivity index (χ4v) is 3.07. The Morgan fingerprint density at radius 2 is 2.04 bits per heavy atom. The first kappa shape index (κ1) is 18.8. The lowest BCUT2D eigenvalue weighted by atomic mass is 9.86. The standard InChI is InChI=1S/C20H19BO6/c1-10-4-5-12(6-11(10)2)14-7-13(22)18-15(27-14)8-16(26-9-17(23)24)19(21)20(18)25-3/h4-6,8,14H,7,9H2,1-3H3,(H,23,24). The second-order valence-corrected chi connectivity index (χ2v) is 6.45. The number of carbonyl (C=O) groups excluding carboxylic acids is 1. The molecular weight excluding hydrogens is 347 g/mol. The second kappa shape index (κ2) is 7.35. The summed E-state index contributed by atoms with van der Waals surface area (Å²) in [5.74, 6) is -0.803. The summed E-state index contributed by atoms with van der Waals surface area (Å²) in [6.07, 6.45) is -0.300. The van der Waals surface area contributed by atoms with Crippen LogP contribution in [0.15, 0.2) is 24.3 Å². The minimum atomic E-state index is -1.14. The van der Waals surface area contributed by atoms with E-state index in [0.717, 1.165) is 16.7 Å². The normalized spacial score (nSPS) is 15.7. The van der Waals surface area contributed by atoms with Gasteiger partial charge in [0.05, 0.1) is 13.5 Å². The van der Waals surface area contributed by atoms with E-state index in [0.29, 0.717) is 0 Å². The maximum absolute atomic E-state index is 12.8. The number of ether oxygens (including phenoxy) is 3. The minimum absolute atomic E-state index is 0.0686. The fourth-order valence-electron chi connectivity index (χ4n) is 3.07. The monoisotopic (exact) mass is 366 g/mol. The van der Waals surface area contributed by atoms with E-state index < -0.39 is 18.7 Å². The quantitative estimate of drug-likeness (QED) is 0.818. The van der Waals surface area contributed by atoms with Crippen LogP contribution in [-0.2, 0) is 4.79 Å².